The van der Waals surface area contributed by atoms with Gasteiger partial charge in [-0.25, -0.2) is 10.0 Å². The van der Waals surface area contributed by atoms with E-state index in [0.29, 0.717) is 0 Å². The Morgan fingerprint density at radius 2 is 1.86 bits per heavy atom. The summed E-state index contributed by atoms with van der Waals surface area (Å²) in [6.45, 7) is 5.50. The van der Waals surface area contributed by atoms with Crippen LogP contribution in [0, 0.1) is 5.41 Å². The summed E-state index contributed by atoms with van der Waals surface area (Å²) < 4.78 is 0. The lowest BCUT2D eigenvalue weighted by molar-refractivity contribution is -0.177. The molecule has 0 atom stereocenters. The first kappa shape index (κ1) is 16.0. The maximum absolute atomic E-state index is 11.9. The molecule has 0 aliphatic heterocycles. The van der Waals surface area contributed by atoms with Crippen LogP contribution in [0.3, 0.4) is 0 Å². The Morgan fingerprint density at radius 3 is 2.41 bits per heavy atom. The lowest BCUT2D eigenvalue weighted by atomic mass is 9.95. The first-order valence-corrected chi connectivity index (χ1v) is 7.14. The molecule has 0 aliphatic rings. The Kier molecular flexibility index (Phi) is 4.78. The first-order valence-electron chi connectivity index (χ1n) is 7.14. The molecule has 5 nitrogen and oxygen atoms in total. The van der Waals surface area contributed by atoms with Gasteiger partial charge in [0.15, 0.2) is 0 Å². The predicted molar refractivity (Wildman–Crippen MR) is 85.8 cm³/mol. The highest BCUT2D eigenvalue weighted by atomic mass is 16.5. The van der Waals surface area contributed by atoms with Crippen LogP contribution in [0.25, 0.3) is 0 Å². The topological polar surface area (TPSA) is 65.5 Å². The number of hydrogen-bond acceptors (Lipinski definition) is 4. The monoisotopic (exact) mass is 299 g/mol. The number of hydrogen-bond donors (Lipinski definition) is 2. The summed E-state index contributed by atoms with van der Waals surface area (Å²) >= 11 is 0. The van der Waals surface area contributed by atoms with Gasteiger partial charge in [0.1, 0.15) is 5.82 Å². The van der Waals surface area contributed by atoms with Crippen molar-refractivity contribution >= 4 is 17.4 Å². The molecular weight excluding hydrogens is 278 g/mol. The second-order valence-corrected chi connectivity index (χ2v) is 6.15. The molecule has 0 unspecified atom stereocenters. The molecule has 2 N–H and O–H groups in total. The summed E-state index contributed by atoms with van der Waals surface area (Å²) in [5.41, 5.74) is 1.15. The van der Waals surface area contributed by atoms with Gasteiger partial charge in [0.25, 0.3) is 5.91 Å². The molecule has 0 aliphatic carbocycles. The number of carbonyl (C=O) groups excluding carboxylic acids is 1. The highest BCUT2D eigenvalue weighted by Crippen LogP contribution is 2.19. The number of benzene rings is 1. The van der Waals surface area contributed by atoms with E-state index in [1.54, 1.807) is 27.0 Å². The van der Waals surface area contributed by atoms with E-state index >= 15 is 0 Å². The molecule has 1 aromatic carbocycles. The van der Waals surface area contributed by atoms with Gasteiger partial charge in [-0.15, -0.1) is 0 Å². The molecule has 0 saturated heterocycles. The van der Waals surface area contributed by atoms with Gasteiger partial charge >= 0.3 is 0 Å². The average Bonchev–Trinajstić information content (AvgIpc) is 2.48. The normalized spacial score (nSPS) is 11.1. The van der Waals surface area contributed by atoms with E-state index < -0.39 is 5.41 Å². The zero-order valence-corrected chi connectivity index (χ0v) is 13.1. The van der Waals surface area contributed by atoms with Crippen molar-refractivity contribution in [1.82, 2.24) is 10.0 Å². The largest absolute Gasteiger partial charge is 0.340 e. The molecule has 1 heterocycles. The highest BCUT2D eigenvalue weighted by Gasteiger charge is 2.26. The fourth-order valence-corrected chi connectivity index (χ4v) is 1.91. The van der Waals surface area contributed by atoms with Crippen LogP contribution in [-0.2, 0) is 11.3 Å². The van der Waals surface area contributed by atoms with Crippen LogP contribution in [0.15, 0.2) is 48.7 Å². The molecule has 22 heavy (non-hydrogen) atoms. The summed E-state index contributed by atoms with van der Waals surface area (Å²) in [4.78, 5) is 16.1. The van der Waals surface area contributed by atoms with Crippen molar-refractivity contribution in [2.75, 3.05) is 5.32 Å². The van der Waals surface area contributed by atoms with Crippen molar-refractivity contribution in [3.63, 3.8) is 0 Å². The standard InChI is InChI=1S/C17H21N3O2/c1-17(2,3)16(21)20(22)12-13-7-9-14(10-8-13)19-15-6-4-5-11-18-15/h4-11,22H,12H2,1-3H3,(H,18,19). The third-order valence-corrected chi connectivity index (χ3v) is 3.10. The molecule has 1 amide bonds. The summed E-state index contributed by atoms with van der Waals surface area (Å²) in [5.74, 6) is 0.463. The van der Waals surface area contributed by atoms with Crippen molar-refractivity contribution in [1.29, 1.82) is 0 Å². The molecular formula is C17H21N3O2. The molecule has 0 fully saturated rings. The third-order valence-electron chi connectivity index (χ3n) is 3.10. The Balaban J connectivity index is 1.99. The number of anilines is 2. The van der Waals surface area contributed by atoms with Gasteiger partial charge in [0.05, 0.1) is 6.54 Å². The fraction of sp³-hybridized carbons (Fsp3) is 0.294. The Labute approximate surface area is 130 Å². The van der Waals surface area contributed by atoms with Gasteiger partial charge in [0.2, 0.25) is 0 Å². The Bertz CT molecular complexity index is 619. The zero-order chi connectivity index (χ0) is 16.2. The molecule has 5 heteroatoms. The highest BCUT2D eigenvalue weighted by molar-refractivity contribution is 5.80. The number of nitrogens with zero attached hydrogens (tertiary/aromatic N) is 2. The van der Waals surface area contributed by atoms with Gasteiger partial charge in [-0.1, -0.05) is 39.0 Å². The smallest absolute Gasteiger partial charge is 0.251 e. The van der Waals surface area contributed by atoms with E-state index in [2.05, 4.69) is 10.3 Å². The minimum absolute atomic E-state index is 0.167. The van der Waals surface area contributed by atoms with Crippen LogP contribution < -0.4 is 5.32 Å². The lowest BCUT2D eigenvalue weighted by Gasteiger charge is -2.24. The number of hydroxylamine groups is 2. The van der Waals surface area contributed by atoms with Crippen molar-refractivity contribution in [3.8, 4) is 0 Å². The summed E-state index contributed by atoms with van der Waals surface area (Å²) in [7, 11) is 0. The van der Waals surface area contributed by atoms with Gasteiger partial charge in [-0.2, -0.15) is 0 Å². The molecule has 1 aromatic heterocycles. The van der Waals surface area contributed by atoms with E-state index in [0.717, 1.165) is 22.1 Å². The average molecular weight is 299 g/mol. The minimum atomic E-state index is -0.602. The van der Waals surface area contributed by atoms with Gasteiger partial charge in [0, 0.05) is 17.3 Å². The van der Waals surface area contributed by atoms with E-state index in [4.69, 9.17) is 0 Å². The second-order valence-electron chi connectivity index (χ2n) is 6.15. The van der Waals surface area contributed by atoms with Crippen molar-refractivity contribution in [3.05, 3.63) is 54.2 Å². The molecule has 0 radical (unpaired) electrons. The first-order chi connectivity index (χ1) is 10.4. The van der Waals surface area contributed by atoms with Crippen molar-refractivity contribution in [2.45, 2.75) is 27.3 Å². The molecule has 116 valence electrons. The molecule has 0 bridgehead atoms. The number of pyridine rings is 1. The zero-order valence-electron chi connectivity index (χ0n) is 13.1. The summed E-state index contributed by atoms with van der Waals surface area (Å²) in [6, 6.07) is 13.2. The van der Waals surface area contributed by atoms with Crippen LogP contribution in [0.5, 0.6) is 0 Å². The van der Waals surface area contributed by atoms with Gasteiger partial charge in [-0.05, 0) is 29.8 Å². The van der Waals surface area contributed by atoms with Crippen molar-refractivity contribution in [2.24, 2.45) is 5.41 Å². The molecule has 2 rings (SSSR count). The number of nitrogens with one attached hydrogen (secondary N) is 1. The molecule has 0 spiro atoms. The number of amides is 1. The maximum atomic E-state index is 11.9. The van der Waals surface area contributed by atoms with E-state index in [1.165, 1.54) is 0 Å². The minimum Gasteiger partial charge on any atom is -0.340 e. The Hall–Kier alpha value is -2.40. The summed E-state index contributed by atoms with van der Waals surface area (Å²) in [5, 5.41) is 13.8. The second kappa shape index (κ2) is 6.58. The fourth-order valence-electron chi connectivity index (χ4n) is 1.91. The summed E-state index contributed by atoms with van der Waals surface area (Å²) in [6.07, 6.45) is 1.72. The third kappa shape index (κ3) is 4.30. The maximum Gasteiger partial charge on any atom is 0.251 e. The number of rotatable bonds is 4. The van der Waals surface area contributed by atoms with Crippen LogP contribution in [0.4, 0.5) is 11.5 Å². The molecule has 2 aromatic rings. The molecule has 0 saturated carbocycles. The predicted octanol–water partition coefficient (Wildman–Crippen LogP) is 3.59. The van der Waals surface area contributed by atoms with Crippen LogP contribution in [0.1, 0.15) is 26.3 Å². The van der Waals surface area contributed by atoms with Crippen LogP contribution in [0.2, 0.25) is 0 Å². The van der Waals surface area contributed by atoms with Crippen LogP contribution >= 0.6 is 0 Å². The quantitative estimate of drug-likeness (QED) is 0.669. The van der Waals surface area contributed by atoms with Gasteiger partial charge in [-0.3, -0.25) is 10.0 Å². The van der Waals surface area contributed by atoms with E-state index in [9.17, 15) is 10.0 Å². The number of carbonyl (C=O) groups is 1. The van der Waals surface area contributed by atoms with Crippen LogP contribution in [-0.4, -0.2) is 21.2 Å². The lowest BCUT2D eigenvalue weighted by Crippen LogP contribution is -2.36. The Morgan fingerprint density at radius 1 is 1.18 bits per heavy atom. The SMILES string of the molecule is CC(C)(C)C(=O)N(O)Cc1ccc(Nc2ccccn2)cc1. The van der Waals surface area contributed by atoms with Crippen molar-refractivity contribution < 1.29 is 10.0 Å². The van der Waals surface area contributed by atoms with E-state index in [1.807, 2.05) is 42.5 Å². The van der Waals surface area contributed by atoms with E-state index in [-0.39, 0.29) is 12.5 Å². The van der Waals surface area contributed by atoms with Gasteiger partial charge < -0.3 is 5.32 Å². The number of aromatic nitrogens is 1.